The number of halogens is 3. The van der Waals surface area contributed by atoms with Crippen molar-refractivity contribution in [1.29, 1.82) is 0 Å². The molecule has 0 bridgehead atoms. The van der Waals surface area contributed by atoms with E-state index in [0.717, 1.165) is 25.7 Å². The first-order valence-corrected chi connectivity index (χ1v) is 5.68. The van der Waals surface area contributed by atoms with E-state index < -0.39 is 34.7 Å². The van der Waals surface area contributed by atoms with Crippen molar-refractivity contribution in [3.8, 4) is 5.75 Å². The Morgan fingerprint density at radius 2 is 1.83 bits per heavy atom. The molecule has 0 radical (unpaired) electrons. The van der Waals surface area contributed by atoms with Gasteiger partial charge < -0.3 is 10.4 Å². The molecule has 0 aliphatic heterocycles. The standard InChI is InChI=1S/C12H12F3NO2/c13-8-5-7(9(14)11(17)10(8)15)12(18)16-6-3-1-2-4-6/h5-6,17H,1-4H2,(H,16,18). The third-order valence-electron chi connectivity index (χ3n) is 3.07. The van der Waals surface area contributed by atoms with Gasteiger partial charge in [0.05, 0.1) is 5.56 Å². The summed E-state index contributed by atoms with van der Waals surface area (Å²) in [5, 5.41) is 11.5. The van der Waals surface area contributed by atoms with E-state index in [-0.39, 0.29) is 6.04 Å². The Morgan fingerprint density at radius 3 is 2.44 bits per heavy atom. The van der Waals surface area contributed by atoms with Crippen molar-refractivity contribution in [2.24, 2.45) is 0 Å². The topological polar surface area (TPSA) is 49.3 Å². The van der Waals surface area contributed by atoms with Gasteiger partial charge in [-0.1, -0.05) is 12.8 Å². The van der Waals surface area contributed by atoms with E-state index in [9.17, 15) is 18.0 Å². The van der Waals surface area contributed by atoms with Crippen LogP contribution in [0.4, 0.5) is 13.2 Å². The highest BCUT2D eigenvalue weighted by atomic mass is 19.2. The third kappa shape index (κ3) is 2.27. The van der Waals surface area contributed by atoms with Crippen LogP contribution in [0.25, 0.3) is 0 Å². The molecule has 0 heterocycles. The molecule has 98 valence electrons. The summed E-state index contributed by atoms with van der Waals surface area (Å²) >= 11 is 0. The van der Waals surface area contributed by atoms with Gasteiger partial charge in [0, 0.05) is 6.04 Å². The number of carbonyl (C=O) groups is 1. The third-order valence-corrected chi connectivity index (χ3v) is 3.07. The van der Waals surface area contributed by atoms with Crippen LogP contribution < -0.4 is 5.32 Å². The van der Waals surface area contributed by atoms with E-state index in [1.54, 1.807) is 0 Å². The first-order valence-electron chi connectivity index (χ1n) is 5.68. The van der Waals surface area contributed by atoms with Gasteiger partial charge in [0.2, 0.25) is 5.82 Å². The molecule has 6 heteroatoms. The van der Waals surface area contributed by atoms with E-state index in [4.69, 9.17) is 5.11 Å². The Kier molecular flexibility index (Phi) is 3.45. The summed E-state index contributed by atoms with van der Waals surface area (Å²) in [7, 11) is 0. The minimum atomic E-state index is -1.69. The van der Waals surface area contributed by atoms with Crippen LogP contribution in [-0.4, -0.2) is 17.1 Å². The molecular formula is C12H12F3NO2. The molecule has 1 aliphatic carbocycles. The van der Waals surface area contributed by atoms with Crippen molar-refractivity contribution in [3.63, 3.8) is 0 Å². The van der Waals surface area contributed by atoms with Gasteiger partial charge in [-0.15, -0.1) is 0 Å². The molecule has 0 spiro atoms. The molecule has 1 fully saturated rings. The minimum absolute atomic E-state index is 0.0767. The molecule has 1 aromatic rings. The molecule has 0 atom stereocenters. The Hall–Kier alpha value is -1.72. The summed E-state index contributed by atoms with van der Waals surface area (Å²) in [6.45, 7) is 0. The van der Waals surface area contributed by atoms with Crippen molar-refractivity contribution in [2.45, 2.75) is 31.7 Å². The molecular weight excluding hydrogens is 247 g/mol. The van der Waals surface area contributed by atoms with Gasteiger partial charge in [0.25, 0.3) is 5.91 Å². The van der Waals surface area contributed by atoms with E-state index in [1.807, 2.05) is 0 Å². The van der Waals surface area contributed by atoms with Crippen molar-refractivity contribution >= 4 is 5.91 Å². The fourth-order valence-corrected chi connectivity index (χ4v) is 2.09. The average molecular weight is 259 g/mol. The van der Waals surface area contributed by atoms with Crippen LogP contribution in [0.15, 0.2) is 6.07 Å². The highest BCUT2D eigenvalue weighted by molar-refractivity contribution is 5.95. The zero-order valence-corrected chi connectivity index (χ0v) is 9.47. The van der Waals surface area contributed by atoms with Crippen molar-refractivity contribution in [3.05, 3.63) is 29.1 Å². The second-order valence-electron chi connectivity index (χ2n) is 4.34. The highest BCUT2D eigenvalue weighted by Crippen LogP contribution is 2.26. The van der Waals surface area contributed by atoms with E-state index in [0.29, 0.717) is 6.07 Å². The molecule has 1 amide bonds. The van der Waals surface area contributed by atoms with Crippen LogP contribution in [0.5, 0.6) is 5.75 Å². The lowest BCUT2D eigenvalue weighted by molar-refractivity contribution is 0.0932. The van der Waals surface area contributed by atoms with Crippen LogP contribution in [0, 0.1) is 17.5 Å². The zero-order valence-electron chi connectivity index (χ0n) is 9.47. The Morgan fingerprint density at radius 1 is 1.22 bits per heavy atom. The molecule has 1 saturated carbocycles. The van der Waals surface area contributed by atoms with Crippen LogP contribution >= 0.6 is 0 Å². The Bertz CT molecular complexity index is 485. The Labute approximate surface area is 102 Å². The molecule has 1 aliphatic rings. The number of amides is 1. The number of rotatable bonds is 2. The van der Waals surface area contributed by atoms with Gasteiger partial charge in [0.15, 0.2) is 17.4 Å². The fourth-order valence-electron chi connectivity index (χ4n) is 2.09. The van der Waals surface area contributed by atoms with Crippen LogP contribution in [0.1, 0.15) is 36.0 Å². The molecule has 2 N–H and O–H groups in total. The fraction of sp³-hybridized carbons (Fsp3) is 0.417. The molecule has 2 rings (SSSR count). The molecule has 0 saturated heterocycles. The van der Waals surface area contributed by atoms with Crippen LogP contribution in [0.2, 0.25) is 0 Å². The number of hydrogen-bond acceptors (Lipinski definition) is 2. The lowest BCUT2D eigenvalue weighted by Gasteiger charge is -2.13. The van der Waals surface area contributed by atoms with Crippen LogP contribution in [-0.2, 0) is 0 Å². The summed E-state index contributed by atoms with van der Waals surface area (Å²) in [5.41, 5.74) is -0.682. The molecule has 0 unspecified atom stereocenters. The molecule has 1 aromatic carbocycles. The van der Waals surface area contributed by atoms with Gasteiger partial charge in [-0.05, 0) is 18.9 Å². The smallest absolute Gasteiger partial charge is 0.254 e. The SMILES string of the molecule is O=C(NC1CCCC1)c1cc(F)c(F)c(O)c1F. The highest BCUT2D eigenvalue weighted by Gasteiger charge is 2.24. The maximum Gasteiger partial charge on any atom is 0.254 e. The van der Waals surface area contributed by atoms with Gasteiger partial charge in [-0.3, -0.25) is 4.79 Å². The summed E-state index contributed by atoms with van der Waals surface area (Å²) in [5.74, 6) is -6.89. The van der Waals surface area contributed by atoms with Crippen molar-refractivity contribution in [2.75, 3.05) is 0 Å². The molecule has 0 aromatic heterocycles. The zero-order chi connectivity index (χ0) is 13.3. The summed E-state index contributed by atoms with van der Waals surface area (Å²) in [6, 6.07) is 0.376. The van der Waals surface area contributed by atoms with Gasteiger partial charge >= 0.3 is 0 Å². The first-order chi connectivity index (χ1) is 8.50. The number of carbonyl (C=O) groups excluding carboxylic acids is 1. The quantitative estimate of drug-likeness (QED) is 0.802. The lowest BCUT2D eigenvalue weighted by atomic mass is 10.1. The van der Waals surface area contributed by atoms with Crippen LogP contribution in [0.3, 0.4) is 0 Å². The average Bonchev–Trinajstić information content (AvgIpc) is 2.83. The lowest BCUT2D eigenvalue weighted by Crippen LogP contribution is -2.33. The summed E-state index contributed by atoms with van der Waals surface area (Å²) in [6.07, 6.45) is 3.50. The minimum Gasteiger partial charge on any atom is -0.503 e. The summed E-state index contributed by atoms with van der Waals surface area (Å²) in [4.78, 5) is 11.7. The molecule has 3 nitrogen and oxygen atoms in total. The van der Waals surface area contributed by atoms with Crippen molar-refractivity contribution < 1.29 is 23.1 Å². The Balaban J connectivity index is 2.24. The normalized spacial score (nSPS) is 15.9. The number of nitrogens with one attached hydrogen (secondary N) is 1. The van der Waals surface area contributed by atoms with E-state index >= 15 is 0 Å². The van der Waals surface area contributed by atoms with Crippen molar-refractivity contribution in [1.82, 2.24) is 5.32 Å². The second-order valence-corrected chi connectivity index (χ2v) is 4.34. The largest absolute Gasteiger partial charge is 0.503 e. The predicted molar refractivity (Wildman–Crippen MR) is 57.7 cm³/mol. The second kappa shape index (κ2) is 4.88. The van der Waals surface area contributed by atoms with Gasteiger partial charge in [-0.25, -0.2) is 8.78 Å². The monoisotopic (exact) mass is 259 g/mol. The predicted octanol–water partition coefficient (Wildman–Crippen LogP) is 2.48. The number of phenols is 1. The van der Waals surface area contributed by atoms with Gasteiger partial charge in [-0.2, -0.15) is 4.39 Å². The maximum absolute atomic E-state index is 13.4. The van der Waals surface area contributed by atoms with E-state index in [1.165, 1.54) is 0 Å². The van der Waals surface area contributed by atoms with E-state index in [2.05, 4.69) is 5.32 Å². The molecule has 18 heavy (non-hydrogen) atoms. The number of aromatic hydroxyl groups is 1. The summed E-state index contributed by atoms with van der Waals surface area (Å²) < 4.78 is 39.3. The number of phenolic OH excluding ortho intramolecular Hbond substituents is 1. The first kappa shape index (κ1) is 12.7. The van der Waals surface area contributed by atoms with Gasteiger partial charge in [0.1, 0.15) is 0 Å². The number of hydrogen-bond donors (Lipinski definition) is 2. The maximum atomic E-state index is 13.4. The number of benzene rings is 1.